The first-order valence-electron chi connectivity index (χ1n) is 8.60. The van der Waals surface area contributed by atoms with Crippen LogP contribution >= 0.6 is 35.7 Å². The van der Waals surface area contributed by atoms with Crippen LogP contribution in [-0.4, -0.2) is 31.8 Å². The van der Waals surface area contributed by atoms with Crippen LogP contribution in [0.5, 0.6) is 5.75 Å². The maximum Gasteiger partial charge on any atom is 0.255 e. The fourth-order valence-corrected chi connectivity index (χ4v) is 3.19. The van der Waals surface area contributed by atoms with E-state index in [0.717, 1.165) is 5.56 Å². The number of hydrogen-bond acceptors (Lipinski definition) is 4. The molecule has 0 saturated carbocycles. The molecule has 0 saturated heterocycles. The molecule has 0 unspecified atom stereocenters. The summed E-state index contributed by atoms with van der Waals surface area (Å²) in [6, 6.07) is 14.0. The average Bonchev–Trinajstić information content (AvgIpc) is 2.67. The van der Waals surface area contributed by atoms with Crippen LogP contribution in [-0.2, 0) is 17.9 Å². The average molecular weight is 514 g/mol. The molecule has 152 valence electrons. The van der Waals surface area contributed by atoms with Gasteiger partial charge in [-0.05, 0) is 48.1 Å². The van der Waals surface area contributed by atoms with Crippen LogP contribution in [0.1, 0.15) is 16.7 Å². The second-order valence-electron chi connectivity index (χ2n) is 6.00. The van der Waals surface area contributed by atoms with Crippen LogP contribution in [0.15, 0.2) is 52.4 Å². The van der Waals surface area contributed by atoms with Gasteiger partial charge in [0.25, 0.3) is 5.91 Å². The first-order chi connectivity index (χ1) is 13.0. The first kappa shape index (κ1) is 24.1. The number of ether oxygens (including phenoxy) is 1. The zero-order chi connectivity index (χ0) is 19.6. The van der Waals surface area contributed by atoms with Crippen LogP contribution in [0.3, 0.4) is 0 Å². The van der Waals surface area contributed by atoms with E-state index in [4.69, 9.17) is 10.5 Å². The lowest BCUT2D eigenvalue weighted by Gasteiger charge is -2.14. The number of benzene rings is 2. The largest absolute Gasteiger partial charge is 0.484 e. The molecule has 28 heavy (non-hydrogen) atoms. The summed E-state index contributed by atoms with van der Waals surface area (Å²) in [4.78, 5) is 16.4. The Bertz CT molecular complexity index is 815. The van der Waals surface area contributed by atoms with Crippen molar-refractivity contribution in [1.82, 2.24) is 10.6 Å². The maximum absolute atomic E-state index is 10.8. The zero-order valence-electron chi connectivity index (χ0n) is 16.3. The summed E-state index contributed by atoms with van der Waals surface area (Å²) in [6.07, 6.45) is 2.08. The molecule has 8 heteroatoms. The van der Waals surface area contributed by atoms with Gasteiger partial charge >= 0.3 is 0 Å². The molecule has 4 N–H and O–H groups in total. The minimum Gasteiger partial charge on any atom is -0.484 e. The maximum atomic E-state index is 10.8. The van der Waals surface area contributed by atoms with Gasteiger partial charge in [0, 0.05) is 25.0 Å². The second-order valence-corrected chi connectivity index (χ2v) is 6.85. The molecule has 6 nitrogen and oxygen atoms in total. The van der Waals surface area contributed by atoms with Gasteiger partial charge in [-0.3, -0.25) is 9.79 Å². The molecule has 0 radical (unpaired) electrons. The number of nitrogens with zero attached hydrogens (tertiary/aromatic N) is 1. The Morgan fingerprint density at radius 1 is 1.18 bits per heavy atom. The Morgan fingerprint density at radius 3 is 2.61 bits per heavy atom. The van der Waals surface area contributed by atoms with Crippen molar-refractivity contribution >= 4 is 47.6 Å². The van der Waals surface area contributed by atoms with Crippen molar-refractivity contribution < 1.29 is 9.53 Å². The lowest BCUT2D eigenvalue weighted by molar-refractivity contribution is -0.119. The number of nitrogens with two attached hydrogens (primary N) is 1. The molecule has 0 aromatic heterocycles. The third-order valence-corrected chi connectivity index (χ3v) is 4.67. The van der Waals surface area contributed by atoms with Gasteiger partial charge in [0.15, 0.2) is 12.6 Å². The Kier molecular flexibility index (Phi) is 10.8. The highest BCUT2D eigenvalue weighted by Gasteiger charge is 2.05. The van der Waals surface area contributed by atoms with Gasteiger partial charge in [0.2, 0.25) is 0 Å². The van der Waals surface area contributed by atoms with E-state index >= 15 is 0 Å². The molecule has 0 fully saturated rings. The molecule has 0 aliphatic rings. The molecule has 2 aromatic rings. The number of halogens is 1. The minimum absolute atomic E-state index is 0. The van der Waals surface area contributed by atoms with Crippen LogP contribution in [0.2, 0.25) is 0 Å². The van der Waals surface area contributed by atoms with Crippen molar-refractivity contribution in [2.24, 2.45) is 10.7 Å². The molecular formula is C20H27IN4O2S. The number of aliphatic imine (C=N–C) groups is 1. The molecule has 2 aromatic carbocycles. The topological polar surface area (TPSA) is 88.7 Å². The first-order valence-corrected chi connectivity index (χ1v) is 9.82. The Labute approximate surface area is 187 Å². The number of aryl methyl sites for hydroxylation is 1. The summed E-state index contributed by atoms with van der Waals surface area (Å²) in [5.41, 5.74) is 8.61. The fourth-order valence-electron chi connectivity index (χ4n) is 2.48. The Morgan fingerprint density at radius 2 is 1.93 bits per heavy atom. The standard InChI is InChI=1S/C20H26N4O2S.HI/c1-14-7-8-16(18(9-14)27-3)12-24-20(22-2)23-11-15-5-4-6-17(10-15)26-13-19(21)25;/h4-10H,11-13H2,1-3H3,(H2,21,25)(H2,22,23,24);1H. The molecule has 0 heterocycles. The number of rotatable bonds is 8. The number of thioether (sulfide) groups is 1. The van der Waals surface area contributed by atoms with Crippen molar-refractivity contribution in [3.05, 3.63) is 59.2 Å². The quantitative estimate of drug-likeness (QED) is 0.218. The van der Waals surface area contributed by atoms with Crippen LogP contribution in [0.4, 0.5) is 0 Å². The number of hydrogen-bond donors (Lipinski definition) is 3. The molecular weight excluding hydrogens is 487 g/mol. The van der Waals surface area contributed by atoms with E-state index in [1.807, 2.05) is 18.2 Å². The highest BCUT2D eigenvalue weighted by atomic mass is 127. The summed E-state index contributed by atoms with van der Waals surface area (Å²) in [6.45, 7) is 3.24. The van der Waals surface area contributed by atoms with Crippen molar-refractivity contribution in [2.45, 2.75) is 24.9 Å². The second kappa shape index (κ2) is 12.5. The summed E-state index contributed by atoms with van der Waals surface area (Å²) in [7, 11) is 1.74. The number of primary amides is 1. The molecule has 0 aliphatic carbocycles. The van der Waals surface area contributed by atoms with Gasteiger partial charge in [0.05, 0.1) is 0 Å². The van der Waals surface area contributed by atoms with E-state index in [2.05, 4.69) is 47.0 Å². The third-order valence-electron chi connectivity index (χ3n) is 3.85. The van der Waals surface area contributed by atoms with Crippen LogP contribution in [0, 0.1) is 6.92 Å². The Balaban J connectivity index is 0.00000392. The Hall–Kier alpha value is -1.94. The van der Waals surface area contributed by atoms with Gasteiger partial charge in [0.1, 0.15) is 5.75 Å². The van der Waals surface area contributed by atoms with E-state index in [1.54, 1.807) is 24.9 Å². The van der Waals surface area contributed by atoms with Crippen LogP contribution in [0.25, 0.3) is 0 Å². The predicted octanol–water partition coefficient (Wildman–Crippen LogP) is 3.06. The normalized spacial score (nSPS) is 10.8. The number of amides is 1. The highest BCUT2D eigenvalue weighted by molar-refractivity contribution is 14.0. The van der Waals surface area contributed by atoms with Crippen molar-refractivity contribution in [2.75, 3.05) is 19.9 Å². The summed E-state index contributed by atoms with van der Waals surface area (Å²) in [5, 5.41) is 6.62. The summed E-state index contributed by atoms with van der Waals surface area (Å²) in [5.74, 6) is 0.829. The van der Waals surface area contributed by atoms with Crippen LogP contribution < -0.4 is 21.1 Å². The molecule has 0 spiro atoms. The monoisotopic (exact) mass is 514 g/mol. The van der Waals surface area contributed by atoms with Gasteiger partial charge < -0.3 is 21.1 Å². The van der Waals surface area contributed by atoms with Crippen molar-refractivity contribution in [3.8, 4) is 5.75 Å². The number of nitrogens with one attached hydrogen (secondary N) is 2. The van der Waals surface area contributed by atoms with Gasteiger partial charge in [-0.15, -0.1) is 35.7 Å². The van der Waals surface area contributed by atoms with E-state index in [-0.39, 0.29) is 30.6 Å². The van der Waals surface area contributed by atoms with E-state index < -0.39 is 5.91 Å². The number of carbonyl (C=O) groups excluding carboxylic acids is 1. The van der Waals surface area contributed by atoms with E-state index in [9.17, 15) is 4.79 Å². The zero-order valence-corrected chi connectivity index (χ0v) is 19.5. The highest BCUT2D eigenvalue weighted by Crippen LogP contribution is 2.21. The van der Waals surface area contributed by atoms with Gasteiger partial charge in [-0.1, -0.05) is 24.3 Å². The lowest BCUT2D eigenvalue weighted by atomic mass is 10.1. The summed E-state index contributed by atoms with van der Waals surface area (Å²) >= 11 is 1.74. The molecule has 0 bridgehead atoms. The number of carbonyl (C=O) groups is 1. The minimum atomic E-state index is -0.496. The van der Waals surface area contributed by atoms with Gasteiger partial charge in [-0.25, -0.2) is 0 Å². The number of guanidine groups is 1. The SMILES string of the molecule is CN=C(NCc1cccc(OCC(N)=O)c1)NCc1ccc(C)cc1SC.I. The van der Waals surface area contributed by atoms with Crippen molar-refractivity contribution in [1.29, 1.82) is 0 Å². The van der Waals surface area contributed by atoms with Gasteiger partial charge in [-0.2, -0.15) is 0 Å². The predicted molar refractivity (Wildman–Crippen MR) is 127 cm³/mol. The third kappa shape index (κ3) is 7.97. The summed E-state index contributed by atoms with van der Waals surface area (Å²) < 4.78 is 5.33. The molecule has 1 amide bonds. The fraction of sp³-hybridized carbons (Fsp3) is 0.300. The lowest BCUT2D eigenvalue weighted by Crippen LogP contribution is -2.36. The van der Waals surface area contributed by atoms with E-state index in [1.165, 1.54) is 16.0 Å². The molecule has 2 rings (SSSR count). The van der Waals surface area contributed by atoms with Crippen molar-refractivity contribution in [3.63, 3.8) is 0 Å². The molecule has 0 atom stereocenters. The van der Waals surface area contributed by atoms with E-state index in [0.29, 0.717) is 24.8 Å². The smallest absolute Gasteiger partial charge is 0.255 e. The molecule has 0 aliphatic heterocycles.